The molecule has 0 radical (unpaired) electrons. The smallest absolute Gasteiger partial charge is 0.329 e. The number of halogens is 9. The van der Waals surface area contributed by atoms with Gasteiger partial charge >= 0.3 is 18.5 Å². The normalized spacial score (nSPS) is 12.8. The van der Waals surface area contributed by atoms with Crippen molar-refractivity contribution in [3.8, 4) is 0 Å². The second-order valence-corrected chi connectivity index (χ2v) is 7.32. The van der Waals surface area contributed by atoms with E-state index >= 15 is 0 Å². The summed E-state index contributed by atoms with van der Waals surface area (Å²) >= 11 is 0. The number of nitrogens with zero attached hydrogens (tertiary/aromatic N) is 6. The monoisotopic (exact) mass is 498 g/mol. The maximum absolute atomic E-state index is 13.2. The fourth-order valence-electron chi connectivity index (χ4n) is 3.03. The van der Waals surface area contributed by atoms with Gasteiger partial charge in [0.1, 0.15) is 0 Å². The summed E-state index contributed by atoms with van der Waals surface area (Å²) in [5.74, 6) is -0.217. The van der Waals surface area contributed by atoms with Gasteiger partial charge in [-0.1, -0.05) is 5.10 Å². The predicted molar refractivity (Wildman–Crippen MR) is 99.1 cm³/mol. The first kappa shape index (κ1) is 25.2. The minimum atomic E-state index is -5.06. The molecule has 184 valence electrons. The first-order valence-electron chi connectivity index (χ1n) is 9.34. The van der Waals surface area contributed by atoms with Gasteiger partial charge < -0.3 is 4.90 Å². The van der Waals surface area contributed by atoms with E-state index in [0.717, 1.165) is 15.8 Å². The molecule has 0 unspecified atom stereocenters. The largest absolute Gasteiger partial charge is 0.417 e. The molecule has 3 aromatic rings. The zero-order chi connectivity index (χ0) is 25.5. The first-order valence-corrected chi connectivity index (χ1v) is 9.34. The molecule has 0 bridgehead atoms. The number of alkyl halides is 9. The Bertz CT molecular complexity index is 1130. The molecule has 0 fully saturated rings. The maximum atomic E-state index is 13.2. The minimum Gasteiger partial charge on any atom is -0.329 e. The van der Waals surface area contributed by atoms with Gasteiger partial charge in [0.25, 0.3) is 5.95 Å². The molecule has 0 aliphatic rings. The van der Waals surface area contributed by atoms with Gasteiger partial charge in [-0.2, -0.15) is 44.3 Å². The first-order chi connectivity index (χ1) is 15.5. The van der Waals surface area contributed by atoms with E-state index < -0.39 is 53.9 Å². The molecule has 0 atom stereocenters. The van der Waals surface area contributed by atoms with Crippen molar-refractivity contribution in [1.29, 1.82) is 0 Å². The molecule has 0 amide bonds. The van der Waals surface area contributed by atoms with E-state index in [-0.39, 0.29) is 23.3 Å². The summed E-state index contributed by atoms with van der Waals surface area (Å²) in [6, 6.07) is 1.82. The highest BCUT2D eigenvalue weighted by atomic mass is 19.4. The van der Waals surface area contributed by atoms with Gasteiger partial charge in [-0.3, -0.25) is 4.98 Å². The number of aryl methyl sites for hydroxylation is 2. The van der Waals surface area contributed by atoms with E-state index in [1.807, 2.05) is 0 Å². The molecule has 0 N–H and O–H groups in total. The predicted octanol–water partition coefficient (Wildman–Crippen LogP) is 5.18. The summed E-state index contributed by atoms with van der Waals surface area (Å²) in [4.78, 5) is 5.77. The lowest BCUT2D eigenvalue weighted by Gasteiger charge is -2.23. The van der Waals surface area contributed by atoms with E-state index in [0.29, 0.717) is 18.3 Å². The van der Waals surface area contributed by atoms with Crippen molar-refractivity contribution in [2.45, 2.75) is 38.5 Å². The number of tetrazole rings is 1. The van der Waals surface area contributed by atoms with Crippen molar-refractivity contribution in [1.82, 2.24) is 25.2 Å². The molecule has 34 heavy (non-hydrogen) atoms. The van der Waals surface area contributed by atoms with E-state index in [4.69, 9.17) is 0 Å². The van der Waals surface area contributed by atoms with Crippen molar-refractivity contribution >= 4 is 5.95 Å². The Kier molecular flexibility index (Phi) is 6.50. The molecule has 0 aliphatic carbocycles. The van der Waals surface area contributed by atoms with Gasteiger partial charge in [0.05, 0.1) is 23.7 Å². The lowest BCUT2D eigenvalue weighted by atomic mass is 10.0. The Hall–Kier alpha value is -3.39. The van der Waals surface area contributed by atoms with Crippen LogP contribution in [0.5, 0.6) is 0 Å². The van der Waals surface area contributed by atoms with E-state index in [1.165, 1.54) is 14.0 Å². The van der Waals surface area contributed by atoms with Crippen molar-refractivity contribution in [3.63, 3.8) is 0 Å². The molecule has 2 heterocycles. The molecule has 1 aromatic carbocycles. The Labute approximate surface area is 186 Å². The van der Waals surface area contributed by atoms with Crippen LogP contribution < -0.4 is 4.90 Å². The van der Waals surface area contributed by atoms with Crippen molar-refractivity contribution in [2.24, 2.45) is 7.05 Å². The van der Waals surface area contributed by atoms with Crippen LogP contribution in [0, 0.1) is 6.92 Å². The molecule has 0 aliphatic heterocycles. The summed E-state index contributed by atoms with van der Waals surface area (Å²) in [6.07, 6.45) is -14.2. The van der Waals surface area contributed by atoms with E-state index in [9.17, 15) is 39.5 Å². The topological polar surface area (TPSA) is 59.7 Å². The molecular formula is C19H15F9N6. The number of anilines is 1. The van der Waals surface area contributed by atoms with Crippen molar-refractivity contribution in [2.75, 3.05) is 4.90 Å². The third-order valence-corrected chi connectivity index (χ3v) is 4.68. The van der Waals surface area contributed by atoms with E-state index in [2.05, 4.69) is 20.4 Å². The fraction of sp³-hybridized carbons (Fsp3) is 0.368. The van der Waals surface area contributed by atoms with Crippen molar-refractivity contribution < 1.29 is 39.5 Å². The lowest BCUT2D eigenvalue weighted by molar-refractivity contribution is -0.143. The number of aromatic nitrogens is 5. The second kappa shape index (κ2) is 8.76. The lowest BCUT2D eigenvalue weighted by Crippen LogP contribution is -2.25. The van der Waals surface area contributed by atoms with Gasteiger partial charge in [0.2, 0.25) is 0 Å². The third kappa shape index (κ3) is 5.94. The van der Waals surface area contributed by atoms with Crippen LogP contribution >= 0.6 is 0 Å². The van der Waals surface area contributed by atoms with Crippen LogP contribution in [0.15, 0.2) is 30.5 Å². The van der Waals surface area contributed by atoms with Crippen LogP contribution in [-0.2, 0) is 38.7 Å². The average Bonchev–Trinajstić information content (AvgIpc) is 3.13. The molecular weight excluding hydrogens is 483 g/mol. The zero-order valence-electron chi connectivity index (χ0n) is 17.4. The standard InChI is InChI=1S/C19H15F9N6/c1-10-12(5-15(7-29-10)19(26,27)28)9-34(16-30-32-33(2)31-16)8-11-3-13(17(20,21)22)6-14(4-11)18(23,24)25/h3-7H,8-9H2,1-2H3. The van der Waals surface area contributed by atoms with Gasteiger partial charge in [0.15, 0.2) is 0 Å². The third-order valence-electron chi connectivity index (χ3n) is 4.68. The highest BCUT2D eigenvalue weighted by molar-refractivity contribution is 5.39. The highest BCUT2D eigenvalue weighted by Gasteiger charge is 2.37. The average molecular weight is 498 g/mol. The van der Waals surface area contributed by atoms with Gasteiger partial charge in [-0.15, -0.1) is 5.10 Å². The molecule has 0 saturated heterocycles. The number of benzene rings is 1. The van der Waals surface area contributed by atoms with Crippen LogP contribution in [0.4, 0.5) is 45.5 Å². The van der Waals surface area contributed by atoms with Gasteiger partial charge in [-0.05, 0) is 47.5 Å². The number of rotatable bonds is 5. The zero-order valence-corrected chi connectivity index (χ0v) is 17.4. The molecule has 3 rings (SSSR count). The molecule has 15 heteroatoms. The second-order valence-electron chi connectivity index (χ2n) is 7.32. The molecule has 0 spiro atoms. The van der Waals surface area contributed by atoms with Crippen LogP contribution in [0.25, 0.3) is 0 Å². The summed E-state index contributed by atoms with van der Waals surface area (Å²) < 4.78 is 119. The fourth-order valence-corrected chi connectivity index (χ4v) is 3.03. The van der Waals surface area contributed by atoms with Gasteiger partial charge in [0, 0.05) is 25.0 Å². The number of hydrogen-bond acceptors (Lipinski definition) is 5. The minimum absolute atomic E-state index is 0.0186. The Morgan fingerprint density at radius 1 is 0.794 bits per heavy atom. The number of hydrogen-bond donors (Lipinski definition) is 0. The molecule has 0 saturated carbocycles. The van der Waals surface area contributed by atoms with Gasteiger partial charge in [-0.25, -0.2) is 0 Å². The van der Waals surface area contributed by atoms with E-state index in [1.54, 1.807) is 0 Å². The summed E-state index contributed by atoms with van der Waals surface area (Å²) in [7, 11) is 1.36. The Morgan fingerprint density at radius 3 is 1.82 bits per heavy atom. The van der Waals surface area contributed by atoms with Crippen LogP contribution in [0.3, 0.4) is 0 Å². The Morgan fingerprint density at radius 2 is 1.35 bits per heavy atom. The molecule has 6 nitrogen and oxygen atoms in total. The summed E-state index contributed by atoms with van der Waals surface area (Å²) in [5, 5.41) is 11.1. The summed E-state index contributed by atoms with van der Waals surface area (Å²) in [5.41, 5.74) is -4.35. The quantitative estimate of drug-likeness (QED) is 0.454. The SMILES string of the molecule is Cc1ncc(C(F)(F)F)cc1CN(Cc1cc(C(F)(F)F)cc(C(F)(F)F)c1)c1nnn(C)n1. The van der Waals surface area contributed by atoms with Crippen LogP contribution in [0.1, 0.15) is 33.5 Å². The Balaban J connectivity index is 2.06. The molecule has 2 aromatic heterocycles. The van der Waals surface area contributed by atoms with Crippen LogP contribution in [-0.4, -0.2) is 25.2 Å². The highest BCUT2D eigenvalue weighted by Crippen LogP contribution is 2.37. The number of pyridine rings is 1. The summed E-state index contributed by atoms with van der Waals surface area (Å²) in [6.45, 7) is 0.421. The van der Waals surface area contributed by atoms with Crippen LogP contribution in [0.2, 0.25) is 0 Å². The van der Waals surface area contributed by atoms with Crippen molar-refractivity contribution in [3.05, 3.63) is 64.0 Å². The maximum Gasteiger partial charge on any atom is 0.417 e.